The van der Waals surface area contributed by atoms with E-state index in [-0.39, 0.29) is 11.3 Å². The SMILES string of the molecule is CCN(CC)CCN1C(=O)C(=O)C(=C(O)c2ccc(OC)c(C)c2)[C@H]1c1ccc(Cl)cc1Cl. The number of amides is 1. The van der Waals surface area contributed by atoms with E-state index in [2.05, 4.69) is 4.90 Å². The molecule has 0 radical (unpaired) electrons. The lowest BCUT2D eigenvalue weighted by Crippen LogP contribution is -2.38. The molecule has 2 aromatic rings. The fourth-order valence-corrected chi connectivity index (χ4v) is 4.64. The van der Waals surface area contributed by atoms with Gasteiger partial charge in [-0.1, -0.05) is 43.1 Å². The molecule has 1 aliphatic rings. The monoisotopic (exact) mass is 490 g/mol. The zero-order valence-corrected chi connectivity index (χ0v) is 20.7. The van der Waals surface area contributed by atoms with Crippen molar-refractivity contribution in [1.82, 2.24) is 9.80 Å². The van der Waals surface area contributed by atoms with Crippen molar-refractivity contribution in [2.24, 2.45) is 0 Å². The topological polar surface area (TPSA) is 70.1 Å². The summed E-state index contributed by atoms with van der Waals surface area (Å²) in [7, 11) is 1.56. The molecule has 0 aliphatic carbocycles. The maximum atomic E-state index is 13.2. The number of rotatable bonds is 8. The average Bonchev–Trinajstić information content (AvgIpc) is 3.04. The second-order valence-electron chi connectivity index (χ2n) is 7.87. The third-order valence-electron chi connectivity index (χ3n) is 6.02. The van der Waals surface area contributed by atoms with Gasteiger partial charge in [0.15, 0.2) is 0 Å². The molecule has 3 rings (SSSR count). The summed E-state index contributed by atoms with van der Waals surface area (Å²) in [4.78, 5) is 29.9. The molecule has 0 saturated carbocycles. The molecule has 1 fully saturated rings. The molecule has 1 amide bonds. The standard InChI is InChI=1S/C25H28Cl2N2O4/c1-5-28(6-2)11-12-29-22(18-9-8-17(26)14-19(18)27)21(24(31)25(29)32)23(30)16-7-10-20(33-4)15(3)13-16/h7-10,13-14,22,30H,5-6,11-12H2,1-4H3/t22-/m1/s1. The second-order valence-corrected chi connectivity index (χ2v) is 8.71. The zero-order chi connectivity index (χ0) is 24.3. The van der Waals surface area contributed by atoms with E-state index < -0.39 is 17.7 Å². The Morgan fingerprint density at radius 3 is 2.39 bits per heavy atom. The highest BCUT2D eigenvalue weighted by atomic mass is 35.5. The number of nitrogens with zero attached hydrogens (tertiary/aromatic N) is 2. The molecule has 8 heteroatoms. The summed E-state index contributed by atoms with van der Waals surface area (Å²) in [6.07, 6.45) is 0. The summed E-state index contributed by atoms with van der Waals surface area (Å²) in [6, 6.07) is 9.19. The molecule has 1 N–H and O–H groups in total. The minimum atomic E-state index is -0.826. The summed E-state index contributed by atoms with van der Waals surface area (Å²) in [6.45, 7) is 8.45. The number of aliphatic hydroxyl groups excluding tert-OH is 1. The number of hydrogen-bond donors (Lipinski definition) is 1. The van der Waals surface area contributed by atoms with Crippen LogP contribution in [0.5, 0.6) is 5.75 Å². The number of carbonyl (C=O) groups excluding carboxylic acids is 2. The number of benzene rings is 2. The highest BCUT2D eigenvalue weighted by Crippen LogP contribution is 2.42. The van der Waals surface area contributed by atoms with Crippen LogP contribution in [0, 0.1) is 6.92 Å². The summed E-state index contributed by atoms with van der Waals surface area (Å²) in [5, 5.41) is 12.0. The third-order valence-corrected chi connectivity index (χ3v) is 6.58. The van der Waals surface area contributed by atoms with Crippen molar-refractivity contribution < 1.29 is 19.4 Å². The van der Waals surface area contributed by atoms with Gasteiger partial charge in [-0.15, -0.1) is 0 Å². The molecule has 0 spiro atoms. The number of carbonyl (C=O) groups is 2. The van der Waals surface area contributed by atoms with Crippen LogP contribution >= 0.6 is 23.2 Å². The van der Waals surface area contributed by atoms with Gasteiger partial charge in [-0.2, -0.15) is 0 Å². The summed E-state index contributed by atoms with van der Waals surface area (Å²) in [5.74, 6) is -0.995. The average molecular weight is 491 g/mol. The fourth-order valence-electron chi connectivity index (χ4n) is 4.13. The second kappa shape index (κ2) is 10.6. The Hall–Kier alpha value is -2.54. The first kappa shape index (κ1) is 25.1. The molecule has 1 atom stereocenters. The van der Waals surface area contributed by atoms with Crippen LogP contribution in [0.3, 0.4) is 0 Å². The van der Waals surface area contributed by atoms with Gasteiger partial charge in [0.25, 0.3) is 11.7 Å². The molecule has 1 aliphatic heterocycles. The van der Waals surface area contributed by atoms with Crippen molar-refractivity contribution >= 4 is 40.7 Å². The van der Waals surface area contributed by atoms with Gasteiger partial charge in [-0.25, -0.2) is 0 Å². The van der Waals surface area contributed by atoms with Crippen molar-refractivity contribution in [2.45, 2.75) is 26.8 Å². The smallest absolute Gasteiger partial charge is 0.295 e. The van der Waals surface area contributed by atoms with Crippen LogP contribution in [0.1, 0.15) is 36.6 Å². The Bertz CT molecular complexity index is 1100. The third kappa shape index (κ3) is 5.03. The highest BCUT2D eigenvalue weighted by Gasteiger charge is 2.46. The van der Waals surface area contributed by atoms with E-state index in [4.69, 9.17) is 27.9 Å². The van der Waals surface area contributed by atoms with Gasteiger partial charge < -0.3 is 19.6 Å². The number of halogens is 2. The molecule has 1 heterocycles. The first-order valence-electron chi connectivity index (χ1n) is 10.8. The number of aryl methyl sites for hydroxylation is 1. The van der Waals surface area contributed by atoms with Crippen molar-refractivity contribution in [3.8, 4) is 5.75 Å². The quantitative estimate of drug-likeness (QED) is 0.317. The van der Waals surface area contributed by atoms with Crippen LogP contribution in [-0.4, -0.2) is 59.9 Å². The molecule has 1 saturated heterocycles. The van der Waals surface area contributed by atoms with Gasteiger partial charge >= 0.3 is 0 Å². The van der Waals surface area contributed by atoms with Gasteiger partial charge in [0.2, 0.25) is 0 Å². The Morgan fingerprint density at radius 2 is 1.82 bits per heavy atom. The molecular weight excluding hydrogens is 463 g/mol. The van der Waals surface area contributed by atoms with Crippen LogP contribution in [0.25, 0.3) is 5.76 Å². The van der Waals surface area contributed by atoms with E-state index in [1.54, 1.807) is 43.5 Å². The minimum absolute atomic E-state index is 0.00772. The lowest BCUT2D eigenvalue weighted by Gasteiger charge is -2.28. The van der Waals surface area contributed by atoms with Gasteiger partial charge in [-0.3, -0.25) is 9.59 Å². The normalized spacial score (nSPS) is 17.8. The number of ketones is 1. The number of ether oxygens (including phenoxy) is 1. The van der Waals surface area contributed by atoms with E-state index in [0.29, 0.717) is 40.0 Å². The zero-order valence-electron chi connectivity index (χ0n) is 19.2. The number of Topliss-reactive ketones (excluding diaryl/α,β-unsaturated/α-hetero) is 1. The van der Waals surface area contributed by atoms with E-state index in [1.807, 2.05) is 20.8 Å². The molecule has 0 bridgehead atoms. The summed E-state index contributed by atoms with van der Waals surface area (Å²) in [5.41, 5.74) is 1.75. The number of likely N-dealkylation sites (tertiary alicyclic amines) is 1. The molecule has 6 nitrogen and oxygen atoms in total. The van der Waals surface area contributed by atoms with Gasteiger partial charge in [0, 0.05) is 28.7 Å². The maximum Gasteiger partial charge on any atom is 0.295 e. The van der Waals surface area contributed by atoms with Crippen LogP contribution in [0.4, 0.5) is 0 Å². The van der Waals surface area contributed by atoms with Crippen molar-refractivity contribution in [3.05, 3.63) is 68.7 Å². The largest absolute Gasteiger partial charge is 0.507 e. The Morgan fingerprint density at radius 1 is 1.12 bits per heavy atom. The number of methoxy groups -OCH3 is 1. The summed E-state index contributed by atoms with van der Waals surface area (Å²) >= 11 is 12.6. The van der Waals surface area contributed by atoms with Crippen LogP contribution in [0.2, 0.25) is 10.0 Å². The number of likely N-dealkylation sites (N-methyl/N-ethyl adjacent to an activating group) is 1. The first-order valence-corrected chi connectivity index (χ1v) is 11.6. The minimum Gasteiger partial charge on any atom is -0.507 e. The van der Waals surface area contributed by atoms with Gasteiger partial charge in [0.1, 0.15) is 11.5 Å². The van der Waals surface area contributed by atoms with Crippen LogP contribution in [0.15, 0.2) is 42.0 Å². The fraction of sp³-hybridized carbons (Fsp3) is 0.360. The van der Waals surface area contributed by atoms with Gasteiger partial charge in [-0.05, 0) is 61.5 Å². The lowest BCUT2D eigenvalue weighted by molar-refractivity contribution is -0.140. The van der Waals surface area contributed by atoms with E-state index in [1.165, 1.54) is 4.90 Å². The van der Waals surface area contributed by atoms with Crippen molar-refractivity contribution in [3.63, 3.8) is 0 Å². The molecule has 2 aromatic carbocycles. The number of aliphatic hydroxyl groups is 1. The van der Waals surface area contributed by atoms with E-state index >= 15 is 0 Å². The van der Waals surface area contributed by atoms with Crippen molar-refractivity contribution in [2.75, 3.05) is 33.3 Å². The van der Waals surface area contributed by atoms with Crippen LogP contribution < -0.4 is 4.74 Å². The predicted octanol–water partition coefficient (Wildman–Crippen LogP) is 5.07. The molecular formula is C25H28Cl2N2O4. The van der Waals surface area contributed by atoms with Crippen molar-refractivity contribution in [1.29, 1.82) is 0 Å². The molecule has 33 heavy (non-hydrogen) atoms. The Kier molecular flexibility index (Phi) is 8.05. The molecule has 0 aromatic heterocycles. The molecule has 0 unspecified atom stereocenters. The Labute approximate surface area is 204 Å². The van der Waals surface area contributed by atoms with E-state index in [9.17, 15) is 14.7 Å². The van der Waals surface area contributed by atoms with Gasteiger partial charge in [0.05, 0.1) is 18.7 Å². The first-order chi connectivity index (χ1) is 15.7. The number of hydrogen-bond acceptors (Lipinski definition) is 5. The lowest BCUT2D eigenvalue weighted by atomic mass is 9.94. The maximum absolute atomic E-state index is 13.2. The Balaban J connectivity index is 2.15. The predicted molar refractivity (Wildman–Crippen MR) is 131 cm³/mol. The summed E-state index contributed by atoms with van der Waals surface area (Å²) < 4.78 is 5.29. The van der Waals surface area contributed by atoms with E-state index in [0.717, 1.165) is 18.7 Å². The molecule has 176 valence electrons. The van der Waals surface area contributed by atoms with Crippen LogP contribution in [-0.2, 0) is 9.59 Å². The highest BCUT2D eigenvalue weighted by molar-refractivity contribution is 6.47.